The van der Waals surface area contributed by atoms with Crippen molar-refractivity contribution in [1.29, 1.82) is 0 Å². The molecule has 0 bridgehead atoms. The van der Waals surface area contributed by atoms with Crippen molar-refractivity contribution in [3.63, 3.8) is 0 Å². The summed E-state index contributed by atoms with van der Waals surface area (Å²) in [6, 6.07) is 1.62. The lowest BCUT2D eigenvalue weighted by molar-refractivity contribution is 0.663. The molecule has 2 rings (SSSR count). The summed E-state index contributed by atoms with van der Waals surface area (Å²) in [5.41, 5.74) is 4.29. The summed E-state index contributed by atoms with van der Waals surface area (Å²) in [6.07, 6.45) is 0. The second-order valence-corrected chi connectivity index (χ2v) is 5.87. The van der Waals surface area contributed by atoms with Gasteiger partial charge in [-0.3, -0.25) is 10.4 Å². The first-order chi connectivity index (χ1) is 9.52. The SMILES string of the molecule is CC(C)CN=C(NN)Nc1c(Cl)cc(Cl)c2c1N=S=N2. The molecule has 0 aliphatic carbocycles. The van der Waals surface area contributed by atoms with Crippen LogP contribution in [0, 0.1) is 5.92 Å². The minimum atomic E-state index is 0.414. The first-order valence-electron chi connectivity index (χ1n) is 5.91. The van der Waals surface area contributed by atoms with Gasteiger partial charge in [-0.2, -0.15) is 8.73 Å². The van der Waals surface area contributed by atoms with Gasteiger partial charge in [-0.15, -0.1) is 0 Å². The summed E-state index contributed by atoms with van der Waals surface area (Å²) in [5, 5.41) is 3.93. The largest absolute Gasteiger partial charge is 0.322 e. The first-order valence-corrected chi connectivity index (χ1v) is 7.40. The van der Waals surface area contributed by atoms with Crippen LogP contribution in [0.15, 0.2) is 19.8 Å². The molecule has 9 heteroatoms. The number of nitrogens with zero attached hydrogens (tertiary/aromatic N) is 3. The fraction of sp³-hybridized carbons (Fsp3) is 0.364. The monoisotopic (exact) mass is 332 g/mol. The van der Waals surface area contributed by atoms with Crippen LogP contribution in [0.2, 0.25) is 10.0 Å². The van der Waals surface area contributed by atoms with Crippen LogP contribution in [0.25, 0.3) is 0 Å². The molecule has 0 aromatic heterocycles. The van der Waals surface area contributed by atoms with E-state index in [4.69, 9.17) is 29.0 Å². The molecule has 0 atom stereocenters. The van der Waals surface area contributed by atoms with E-state index in [2.05, 4.69) is 38.3 Å². The van der Waals surface area contributed by atoms with Gasteiger partial charge in [-0.25, -0.2) is 5.84 Å². The van der Waals surface area contributed by atoms with E-state index >= 15 is 0 Å². The van der Waals surface area contributed by atoms with Gasteiger partial charge in [-0.1, -0.05) is 37.0 Å². The molecule has 1 aliphatic heterocycles. The van der Waals surface area contributed by atoms with E-state index in [-0.39, 0.29) is 0 Å². The van der Waals surface area contributed by atoms with Crippen LogP contribution in [0.5, 0.6) is 0 Å². The number of hydrogen-bond acceptors (Lipinski definition) is 4. The van der Waals surface area contributed by atoms with Gasteiger partial charge in [0.15, 0.2) is 0 Å². The van der Waals surface area contributed by atoms with Crippen LogP contribution < -0.4 is 16.6 Å². The molecule has 1 heterocycles. The first kappa shape index (κ1) is 15.2. The standard InChI is InChI=1S/C11H14Cl2N6S/c1-5(2)4-15-11(17-14)16-8-6(12)3-7(13)9-10(8)19-20-18-9/h3,5H,4,14H2,1-2H3,(H2,15,16,17). The third kappa shape index (κ3) is 3.29. The number of fused-ring (bicyclic) bond motifs is 1. The van der Waals surface area contributed by atoms with Crippen molar-refractivity contribution in [1.82, 2.24) is 5.43 Å². The van der Waals surface area contributed by atoms with Gasteiger partial charge in [0.1, 0.15) is 11.4 Å². The summed E-state index contributed by atoms with van der Waals surface area (Å²) < 4.78 is 8.33. The van der Waals surface area contributed by atoms with Crippen molar-refractivity contribution in [3.05, 3.63) is 16.1 Å². The van der Waals surface area contributed by atoms with Crippen LogP contribution in [0.4, 0.5) is 17.1 Å². The second-order valence-electron chi connectivity index (χ2n) is 4.53. The van der Waals surface area contributed by atoms with Crippen LogP contribution in [0.1, 0.15) is 13.8 Å². The summed E-state index contributed by atoms with van der Waals surface area (Å²) >= 11 is 13.3. The number of rotatable bonds is 3. The smallest absolute Gasteiger partial charge is 0.210 e. The van der Waals surface area contributed by atoms with E-state index in [0.29, 0.717) is 45.5 Å². The lowest BCUT2D eigenvalue weighted by Gasteiger charge is -2.14. The normalized spacial score (nSPS) is 13.4. The zero-order valence-electron chi connectivity index (χ0n) is 10.9. The Balaban J connectivity index is 2.32. The lowest BCUT2D eigenvalue weighted by atomic mass is 10.2. The molecule has 0 radical (unpaired) electrons. The molecule has 1 aromatic rings. The number of anilines is 1. The summed E-state index contributed by atoms with van der Waals surface area (Å²) in [6.45, 7) is 4.76. The number of aliphatic imine (C=N–C) groups is 1. The van der Waals surface area contributed by atoms with Crippen LogP contribution in [-0.4, -0.2) is 12.5 Å². The van der Waals surface area contributed by atoms with Gasteiger partial charge in [0, 0.05) is 6.54 Å². The molecule has 0 saturated heterocycles. The highest BCUT2D eigenvalue weighted by molar-refractivity contribution is 7.58. The van der Waals surface area contributed by atoms with Crippen molar-refractivity contribution in [2.45, 2.75) is 13.8 Å². The van der Waals surface area contributed by atoms with Gasteiger partial charge < -0.3 is 5.32 Å². The molecule has 0 fully saturated rings. The zero-order valence-corrected chi connectivity index (χ0v) is 13.3. The number of nitrogens with one attached hydrogen (secondary N) is 2. The second kappa shape index (κ2) is 6.53. The predicted molar refractivity (Wildman–Crippen MR) is 86.1 cm³/mol. The number of guanidine groups is 1. The van der Waals surface area contributed by atoms with Gasteiger partial charge in [0.2, 0.25) is 5.96 Å². The molecule has 1 aliphatic rings. The number of benzene rings is 1. The van der Waals surface area contributed by atoms with E-state index in [9.17, 15) is 0 Å². The van der Waals surface area contributed by atoms with E-state index in [0.717, 1.165) is 11.4 Å². The summed E-state index contributed by atoms with van der Waals surface area (Å²) in [5.74, 6) is 6.29. The highest BCUT2D eigenvalue weighted by Crippen LogP contribution is 2.47. The van der Waals surface area contributed by atoms with E-state index in [1.165, 1.54) is 0 Å². The van der Waals surface area contributed by atoms with Crippen LogP contribution >= 0.6 is 23.2 Å². The van der Waals surface area contributed by atoms with Crippen molar-refractivity contribution < 1.29 is 0 Å². The topological polar surface area (TPSA) is 87.2 Å². The van der Waals surface area contributed by atoms with Crippen molar-refractivity contribution in [2.75, 3.05) is 11.9 Å². The summed E-state index contributed by atoms with van der Waals surface area (Å²) in [7, 11) is 0. The minimum Gasteiger partial charge on any atom is -0.322 e. The molecule has 6 nitrogen and oxygen atoms in total. The van der Waals surface area contributed by atoms with Crippen molar-refractivity contribution >= 4 is 57.6 Å². The molecule has 0 saturated carbocycles. The Morgan fingerprint density at radius 2 is 2.05 bits per heavy atom. The molecule has 0 unspecified atom stereocenters. The lowest BCUT2D eigenvalue weighted by Crippen LogP contribution is -2.36. The molecular weight excluding hydrogens is 319 g/mol. The fourth-order valence-corrected chi connectivity index (χ4v) is 2.67. The summed E-state index contributed by atoms with van der Waals surface area (Å²) in [4.78, 5) is 4.32. The highest BCUT2D eigenvalue weighted by Gasteiger charge is 2.19. The quantitative estimate of drug-likeness (QED) is 0.347. The van der Waals surface area contributed by atoms with Gasteiger partial charge in [0.25, 0.3) is 0 Å². The van der Waals surface area contributed by atoms with Gasteiger partial charge >= 0.3 is 0 Å². The maximum Gasteiger partial charge on any atom is 0.210 e. The predicted octanol–water partition coefficient (Wildman–Crippen LogP) is 3.61. The molecular formula is C11H14Cl2N6S. The molecule has 0 amide bonds. The van der Waals surface area contributed by atoms with E-state index < -0.39 is 0 Å². The fourth-order valence-electron chi connectivity index (χ4n) is 1.51. The molecule has 0 spiro atoms. The average molecular weight is 333 g/mol. The van der Waals surface area contributed by atoms with E-state index in [1.807, 2.05) is 0 Å². The molecule has 108 valence electrons. The average Bonchev–Trinajstić information content (AvgIpc) is 2.87. The van der Waals surface area contributed by atoms with Crippen molar-refractivity contribution in [2.24, 2.45) is 25.5 Å². The maximum absolute atomic E-state index is 6.20. The Bertz CT molecular complexity index is 622. The van der Waals surface area contributed by atoms with Crippen LogP contribution in [-0.2, 0) is 11.4 Å². The third-order valence-electron chi connectivity index (χ3n) is 2.44. The third-order valence-corrected chi connectivity index (χ3v) is 3.55. The number of hydrogen-bond donors (Lipinski definition) is 3. The molecule has 20 heavy (non-hydrogen) atoms. The van der Waals surface area contributed by atoms with E-state index in [1.54, 1.807) is 6.07 Å². The highest BCUT2D eigenvalue weighted by atomic mass is 35.5. The molecule has 4 N–H and O–H groups in total. The van der Waals surface area contributed by atoms with Gasteiger partial charge in [-0.05, 0) is 12.0 Å². The Morgan fingerprint density at radius 1 is 1.35 bits per heavy atom. The maximum atomic E-state index is 6.20. The Labute approximate surface area is 130 Å². The minimum absolute atomic E-state index is 0.414. The Kier molecular flexibility index (Phi) is 4.98. The zero-order chi connectivity index (χ0) is 14.7. The number of halogens is 2. The number of hydrazine groups is 1. The Hall–Kier alpha value is -1.15. The van der Waals surface area contributed by atoms with Gasteiger partial charge in [0.05, 0.1) is 27.1 Å². The van der Waals surface area contributed by atoms with Crippen molar-refractivity contribution in [3.8, 4) is 0 Å². The van der Waals surface area contributed by atoms with Crippen LogP contribution in [0.3, 0.4) is 0 Å². The molecule has 1 aromatic carbocycles. The Morgan fingerprint density at radius 3 is 2.70 bits per heavy atom. The number of nitrogens with two attached hydrogens (primary N) is 1.